The van der Waals surface area contributed by atoms with Crippen molar-refractivity contribution in [2.24, 2.45) is 0 Å². The van der Waals surface area contributed by atoms with Crippen molar-refractivity contribution in [2.45, 2.75) is 19.8 Å². The van der Waals surface area contributed by atoms with Crippen LogP contribution in [0, 0.1) is 0 Å². The minimum atomic E-state index is 0.0393. The molecule has 1 aliphatic heterocycles. The van der Waals surface area contributed by atoms with Gasteiger partial charge in [0.2, 0.25) is 11.8 Å². The lowest BCUT2D eigenvalue weighted by molar-refractivity contribution is -0.138. The molecule has 0 atom stereocenters. The molecular weight excluding hydrogens is 377 g/mol. The van der Waals surface area contributed by atoms with Crippen molar-refractivity contribution in [3.63, 3.8) is 0 Å². The van der Waals surface area contributed by atoms with Crippen LogP contribution in [-0.4, -0.2) is 52.8 Å². The summed E-state index contributed by atoms with van der Waals surface area (Å²) in [6.45, 7) is 3.84. The number of amides is 2. The van der Waals surface area contributed by atoms with Crippen LogP contribution in [0.3, 0.4) is 0 Å². The molecule has 0 unspecified atom stereocenters. The van der Waals surface area contributed by atoms with Crippen LogP contribution < -0.4 is 0 Å². The van der Waals surface area contributed by atoms with Crippen LogP contribution in [0.25, 0.3) is 11.3 Å². The minimum Gasteiger partial charge on any atom is -0.441 e. The molecule has 0 radical (unpaired) electrons. The first-order chi connectivity index (χ1) is 12.4. The van der Waals surface area contributed by atoms with Gasteiger partial charge in [-0.3, -0.25) is 9.59 Å². The lowest BCUT2D eigenvalue weighted by atomic mass is 10.2. The number of hydrogen-bond donors (Lipinski definition) is 0. The number of carbonyl (C=O) groups excluding carboxylic acids is 2. The molecule has 8 heteroatoms. The summed E-state index contributed by atoms with van der Waals surface area (Å²) in [5.41, 5.74) is 0.710. The molecule has 1 fully saturated rings. The lowest BCUT2D eigenvalue weighted by Gasteiger charge is -2.34. The molecule has 2 heterocycles. The second-order valence-electron chi connectivity index (χ2n) is 6.13. The highest BCUT2D eigenvalue weighted by Crippen LogP contribution is 2.30. The third-order valence-corrected chi connectivity index (χ3v) is 4.93. The van der Waals surface area contributed by atoms with Crippen LogP contribution in [-0.2, 0) is 16.0 Å². The summed E-state index contributed by atoms with van der Waals surface area (Å²) in [5.74, 6) is 1.12. The average Bonchev–Trinajstić information content (AvgIpc) is 3.08. The smallest absolute Gasteiger partial charge is 0.223 e. The first-order valence-corrected chi connectivity index (χ1v) is 9.13. The standard InChI is InChI=1S/C18H19Cl2N3O3/c1-12(24)22-6-8-23(9-7-22)18(25)5-4-17-21-11-16(26-17)14-3-2-13(19)10-15(14)20/h2-3,10-11H,4-9H2,1H3. The fraction of sp³-hybridized carbons (Fsp3) is 0.389. The van der Waals surface area contributed by atoms with Crippen molar-refractivity contribution in [1.82, 2.24) is 14.8 Å². The van der Waals surface area contributed by atoms with E-state index in [1.165, 1.54) is 0 Å². The van der Waals surface area contributed by atoms with Gasteiger partial charge in [-0.2, -0.15) is 0 Å². The molecule has 2 amide bonds. The minimum absolute atomic E-state index is 0.0393. The molecule has 1 aliphatic rings. The van der Waals surface area contributed by atoms with E-state index < -0.39 is 0 Å². The number of hydrogen-bond acceptors (Lipinski definition) is 4. The van der Waals surface area contributed by atoms with E-state index in [1.807, 2.05) is 0 Å². The zero-order chi connectivity index (χ0) is 18.7. The van der Waals surface area contributed by atoms with Crippen LogP contribution in [0.2, 0.25) is 10.0 Å². The largest absolute Gasteiger partial charge is 0.441 e. The van der Waals surface area contributed by atoms with Crippen LogP contribution in [0.15, 0.2) is 28.8 Å². The van der Waals surface area contributed by atoms with Gasteiger partial charge >= 0.3 is 0 Å². The number of halogens is 2. The molecule has 0 bridgehead atoms. The zero-order valence-corrected chi connectivity index (χ0v) is 15.9. The zero-order valence-electron chi connectivity index (χ0n) is 14.4. The summed E-state index contributed by atoms with van der Waals surface area (Å²) in [5, 5.41) is 1.04. The van der Waals surface area contributed by atoms with Gasteiger partial charge in [0, 0.05) is 56.5 Å². The lowest BCUT2D eigenvalue weighted by Crippen LogP contribution is -2.50. The van der Waals surface area contributed by atoms with Gasteiger partial charge in [-0.15, -0.1) is 0 Å². The molecule has 0 aliphatic carbocycles. The molecule has 138 valence electrons. The van der Waals surface area contributed by atoms with Crippen LogP contribution in [0.1, 0.15) is 19.2 Å². The highest BCUT2D eigenvalue weighted by atomic mass is 35.5. The molecule has 0 N–H and O–H groups in total. The van der Waals surface area contributed by atoms with Crippen molar-refractivity contribution in [3.8, 4) is 11.3 Å². The Labute approximate surface area is 161 Å². The van der Waals surface area contributed by atoms with E-state index >= 15 is 0 Å². The summed E-state index contributed by atoms with van der Waals surface area (Å²) in [7, 11) is 0. The van der Waals surface area contributed by atoms with Gasteiger partial charge in [0.1, 0.15) is 0 Å². The third-order valence-electron chi connectivity index (χ3n) is 4.38. The maximum absolute atomic E-state index is 12.3. The Balaban J connectivity index is 1.55. The van der Waals surface area contributed by atoms with Crippen LogP contribution in [0.4, 0.5) is 0 Å². The SMILES string of the molecule is CC(=O)N1CCN(C(=O)CCc2ncc(-c3ccc(Cl)cc3Cl)o2)CC1. The molecule has 3 rings (SSSR count). The predicted octanol–water partition coefficient (Wildman–Crippen LogP) is 3.27. The Hall–Kier alpha value is -2.05. The highest BCUT2D eigenvalue weighted by Gasteiger charge is 2.22. The number of aromatic nitrogens is 1. The molecular formula is C18H19Cl2N3O3. The van der Waals surface area contributed by atoms with Gasteiger partial charge in [0.25, 0.3) is 0 Å². The molecule has 1 aromatic carbocycles. The van der Waals surface area contributed by atoms with Gasteiger partial charge < -0.3 is 14.2 Å². The average molecular weight is 396 g/mol. The van der Waals surface area contributed by atoms with Crippen molar-refractivity contribution < 1.29 is 14.0 Å². The van der Waals surface area contributed by atoms with Crippen LogP contribution in [0.5, 0.6) is 0 Å². The number of rotatable bonds is 4. The first kappa shape index (κ1) is 18.7. The maximum Gasteiger partial charge on any atom is 0.223 e. The molecule has 1 aromatic heterocycles. The van der Waals surface area contributed by atoms with Gasteiger partial charge in [0.15, 0.2) is 11.7 Å². The predicted molar refractivity (Wildman–Crippen MR) is 99.1 cm³/mol. The van der Waals surface area contributed by atoms with Crippen molar-refractivity contribution in [3.05, 3.63) is 40.3 Å². The van der Waals surface area contributed by atoms with Gasteiger partial charge in [-0.05, 0) is 18.2 Å². The first-order valence-electron chi connectivity index (χ1n) is 8.37. The number of piperazine rings is 1. The van der Waals surface area contributed by atoms with Crippen molar-refractivity contribution >= 4 is 35.0 Å². The second kappa shape index (κ2) is 8.10. The summed E-state index contributed by atoms with van der Waals surface area (Å²) < 4.78 is 5.71. The van der Waals surface area contributed by atoms with E-state index in [-0.39, 0.29) is 11.8 Å². The summed E-state index contributed by atoms with van der Waals surface area (Å²) >= 11 is 12.1. The fourth-order valence-electron chi connectivity index (χ4n) is 2.88. The van der Waals surface area contributed by atoms with Gasteiger partial charge in [0.05, 0.1) is 11.2 Å². The quantitative estimate of drug-likeness (QED) is 0.796. The van der Waals surface area contributed by atoms with E-state index in [1.54, 1.807) is 41.1 Å². The van der Waals surface area contributed by atoms with E-state index in [9.17, 15) is 9.59 Å². The molecule has 26 heavy (non-hydrogen) atoms. The summed E-state index contributed by atoms with van der Waals surface area (Å²) in [4.78, 5) is 31.4. The third kappa shape index (κ3) is 4.37. The number of benzene rings is 1. The molecule has 6 nitrogen and oxygen atoms in total. The van der Waals surface area contributed by atoms with E-state index in [0.29, 0.717) is 66.3 Å². The molecule has 1 saturated heterocycles. The second-order valence-corrected chi connectivity index (χ2v) is 6.97. The Morgan fingerprint density at radius 2 is 1.85 bits per heavy atom. The van der Waals surface area contributed by atoms with E-state index in [4.69, 9.17) is 27.6 Å². The Morgan fingerprint density at radius 3 is 2.50 bits per heavy atom. The normalized spacial score (nSPS) is 14.6. The Kier molecular flexibility index (Phi) is 5.84. The van der Waals surface area contributed by atoms with Crippen LogP contribution >= 0.6 is 23.2 Å². The maximum atomic E-state index is 12.3. The number of carbonyl (C=O) groups is 2. The Bertz CT molecular complexity index is 814. The van der Waals surface area contributed by atoms with E-state index in [2.05, 4.69) is 4.98 Å². The van der Waals surface area contributed by atoms with E-state index in [0.717, 1.165) is 0 Å². The molecule has 0 saturated carbocycles. The fourth-order valence-corrected chi connectivity index (χ4v) is 3.38. The Morgan fingerprint density at radius 1 is 1.15 bits per heavy atom. The summed E-state index contributed by atoms with van der Waals surface area (Å²) in [6.07, 6.45) is 2.33. The van der Waals surface area contributed by atoms with Gasteiger partial charge in [-0.25, -0.2) is 4.98 Å². The van der Waals surface area contributed by atoms with Gasteiger partial charge in [-0.1, -0.05) is 23.2 Å². The number of nitrogens with zero attached hydrogens (tertiary/aromatic N) is 3. The molecule has 0 spiro atoms. The highest BCUT2D eigenvalue weighted by molar-refractivity contribution is 6.36. The topological polar surface area (TPSA) is 66.7 Å². The molecule has 2 aromatic rings. The monoisotopic (exact) mass is 395 g/mol. The number of aryl methyl sites for hydroxylation is 1. The summed E-state index contributed by atoms with van der Waals surface area (Å²) in [6, 6.07) is 5.15. The van der Waals surface area contributed by atoms with Crippen molar-refractivity contribution in [1.29, 1.82) is 0 Å². The van der Waals surface area contributed by atoms with Crippen molar-refractivity contribution in [2.75, 3.05) is 26.2 Å². The number of oxazole rings is 1.